The third-order valence-corrected chi connectivity index (χ3v) is 3.47. The number of aromatic nitrogens is 2. The van der Waals surface area contributed by atoms with Crippen LogP contribution in [0, 0.1) is 0 Å². The largest absolute Gasteiger partial charge is 0.480 e. The van der Waals surface area contributed by atoms with Gasteiger partial charge in [-0.1, -0.05) is 0 Å². The van der Waals surface area contributed by atoms with Crippen molar-refractivity contribution in [3.63, 3.8) is 0 Å². The summed E-state index contributed by atoms with van der Waals surface area (Å²) < 4.78 is 0. The van der Waals surface area contributed by atoms with Gasteiger partial charge in [-0.2, -0.15) is 0 Å². The van der Waals surface area contributed by atoms with Crippen molar-refractivity contribution in [1.29, 1.82) is 0 Å². The molecule has 1 fully saturated rings. The minimum Gasteiger partial charge on any atom is -0.480 e. The first-order valence-electron chi connectivity index (χ1n) is 6.27. The molecule has 0 aliphatic heterocycles. The van der Waals surface area contributed by atoms with Gasteiger partial charge in [0.05, 0.1) is 6.33 Å². The van der Waals surface area contributed by atoms with Crippen LogP contribution in [0.25, 0.3) is 0 Å². The van der Waals surface area contributed by atoms with Gasteiger partial charge in [-0.3, -0.25) is 4.79 Å². The monoisotopic (exact) mass is 266 g/mol. The minimum absolute atomic E-state index is 0.179. The topological polar surface area (TPSA) is 121 Å². The van der Waals surface area contributed by atoms with Crippen LogP contribution in [0.15, 0.2) is 12.5 Å². The molecule has 1 heterocycles. The van der Waals surface area contributed by atoms with Gasteiger partial charge in [0.1, 0.15) is 6.04 Å². The van der Waals surface area contributed by atoms with E-state index in [0.717, 1.165) is 19.3 Å². The second kappa shape index (κ2) is 5.40. The number of hydrogen-bond donors (Lipinski definition) is 4. The number of carbonyl (C=O) groups is 2. The van der Waals surface area contributed by atoms with Gasteiger partial charge >= 0.3 is 5.97 Å². The van der Waals surface area contributed by atoms with Crippen LogP contribution in [0.3, 0.4) is 0 Å². The number of nitrogens with two attached hydrogens (primary N) is 1. The second-order valence-corrected chi connectivity index (χ2v) is 5.13. The average Bonchev–Trinajstić information content (AvgIpc) is 2.78. The maximum atomic E-state index is 11.8. The molecule has 19 heavy (non-hydrogen) atoms. The van der Waals surface area contributed by atoms with E-state index in [4.69, 9.17) is 10.8 Å². The fraction of sp³-hybridized carbons (Fsp3) is 0.583. The molecule has 5 N–H and O–H groups in total. The van der Waals surface area contributed by atoms with Crippen molar-refractivity contribution in [2.24, 2.45) is 5.73 Å². The number of nitrogens with one attached hydrogen (secondary N) is 2. The highest BCUT2D eigenvalue weighted by molar-refractivity contribution is 5.84. The fourth-order valence-electron chi connectivity index (χ4n) is 2.19. The molecule has 1 aliphatic rings. The molecule has 1 atom stereocenters. The number of carbonyl (C=O) groups excluding carboxylic acids is 1. The SMILES string of the molecule is NC1(CC(=O)N[C@H](Cc2cnc[nH]2)C(=O)O)CCC1. The summed E-state index contributed by atoms with van der Waals surface area (Å²) in [5.74, 6) is -1.38. The van der Waals surface area contributed by atoms with Gasteiger partial charge in [0.15, 0.2) is 0 Å². The first-order valence-corrected chi connectivity index (χ1v) is 6.27. The molecule has 0 saturated heterocycles. The minimum atomic E-state index is -1.07. The predicted molar refractivity (Wildman–Crippen MR) is 67.2 cm³/mol. The molecule has 7 nitrogen and oxygen atoms in total. The predicted octanol–water partition coefficient (Wildman–Crippen LogP) is -0.207. The number of carboxylic acid groups (broad SMARTS) is 1. The van der Waals surface area contributed by atoms with Crippen LogP contribution >= 0.6 is 0 Å². The first kappa shape index (κ1) is 13.5. The highest BCUT2D eigenvalue weighted by Gasteiger charge is 2.35. The number of imidazole rings is 1. The Morgan fingerprint density at radius 1 is 1.58 bits per heavy atom. The molecule has 1 aliphatic carbocycles. The summed E-state index contributed by atoms with van der Waals surface area (Å²) in [5.41, 5.74) is 6.19. The normalized spacial score (nSPS) is 18.4. The van der Waals surface area contributed by atoms with Crippen molar-refractivity contribution < 1.29 is 14.7 Å². The van der Waals surface area contributed by atoms with E-state index in [2.05, 4.69) is 15.3 Å². The van der Waals surface area contributed by atoms with Crippen LogP contribution < -0.4 is 11.1 Å². The zero-order chi connectivity index (χ0) is 13.9. The van der Waals surface area contributed by atoms with Crippen LogP contribution in [-0.4, -0.2) is 38.5 Å². The van der Waals surface area contributed by atoms with E-state index >= 15 is 0 Å². The third-order valence-electron chi connectivity index (χ3n) is 3.47. The van der Waals surface area contributed by atoms with Gasteiger partial charge in [-0.25, -0.2) is 9.78 Å². The maximum Gasteiger partial charge on any atom is 0.326 e. The van der Waals surface area contributed by atoms with Crippen molar-refractivity contribution in [2.75, 3.05) is 0 Å². The van der Waals surface area contributed by atoms with Crippen LogP contribution in [0.5, 0.6) is 0 Å². The van der Waals surface area contributed by atoms with Gasteiger partial charge in [0.2, 0.25) is 5.91 Å². The molecule has 0 radical (unpaired) electrons. The lowest BCUT2D eigenvalue weighted by Crippen LogP contribution is -2.52. The Morgan fingerprint density at radius 2 is 2.32 bits per heavy atom. The highest BCUT2D eigenvalue weighted by atomic mass is 16.4. The molecule has 0 aromatic carbocycles. The number of hydrogen-bond acceptors (Lipinski definition) is 4. The molecule has 0 unspecified atom stereocenters. The van der Waals surface area contributed by atoms with Gasteiger partial charge in [0, 0.05) is 30.3 Å². The van der Waals surface area contributed by atoms with E-state index < -0.39 is 17.6 Å². The summed E-state index contributed by atoms with van der Waals surface area (Å²) >= 11 is 0. The lowest BCUT2D eigenvalue weighted by Gasteiger charge is -2.37. The number of amides is 1. The Kier molecular flexibility index (Phi) is 3.84. The van der Waals surface area contributed by atoms with Gasteiger partial charge < -0.3 is 21.1 Å². The van der Waals surface area contributed by atoms with Crippen molar-refractivity contribution >= 4 is 11.9 Å². The van der Waals surface area contributed by atoms with E-state index in [1.54, 1.807) is 6.20 Å². The Bertz CT molecular complexity index is 454. The standard InChI is InChI=1S/C12H18N4O3/c13-12(2-1-3-12)5-10(17)16-9(11(18)19)4-8-6-14-7-15-8/h6-7,9H,1-5,13H2,(H,14,15)(H,16,17)(H,18,19)/t9-/m1/s1. The molecule has 7 heteroatoms. The first-order chi connectivity index (χ1) is 8.98. The lowest BCUT2D eigenvalue weighted by atomic mass is 9.75. The Morgan fingerprint density at radius 3 is 2.79 bits per heavy atom. The average molecular weight is 266 g/mol. The van der Waals surface area contributed by atoms with Crippen LogP contribution in [-0.2, 0) is 16.0 Å². The lowest BCUT2D eigenvalue weighted by molar-refractivity contribution is -0.142. The summed E-state index contributed by atoms with van der Waals surface area (Å²) in [7, 11) is 0. The van der Waals surface area contributed by atoms with Crippen molar-refractivity contribution in [1.82, 2.24) is 15.3 Å². The summed E-state index contributed by atoms with van der Waals surface area (Å²) in [6, 6.07) is -0.961. The molecular formula is C12H18N4O3. The molecule has 1 aromatic heterocycles. The van der Waals surface area contributed by atoms with Crippen molar-refractivity contribution in [3.8, 4) is 0 Å². The molecule has 2 rings (SSSR count). The van der Waals surface area contributed by atoms with E-state index in [1.807, 2.05) is 0 Å². The zero-order valence-corrected chi connectivity index (χ0v) is 10.6. The smallest absolute Gasteiger partial charge is 0.326 e. The molecule has 0 bridgehead atoms. The Hall–Kier alpha value is -1.89. The molecular weight excluding hydrogens is 248 g/mol. The number of H-pyrrole nitrogens is 1. The van der Waals surface area contributed by atoms with Crippen molar-refractivity contribution in [2.45, 2.75) is 43.7 Å². The van der Waals surface area contributed by atoms with E-state index in [9.17, 15) is 9.59 Å². The van der Waals surface area contributed by atoms with E-state index in [1.165, 1.54) is 6.33 Å². The van der Waals surface area contributed by atoms with Crippen LogP contribution in [0.4, 0.5) is 0 Å². The number of aromatic amines is 1. The summed E-state index contributed by atoms with van der Waals surface area (Å²) in [5, 5.41) is 11.6. The van der Waals surface area contributed by atoms with Gasteiger partial charge in [-0.15, -0.1) is 0 Å². The van der Waals surface area contributed by atoms with Crippen LogP contribution in [0.1, 0.15) is 31.4 Å². The molecule has 1 amide bonds. The van der Waals surface area contributed by atoms with Gasteiger partial charge in [0.25, 0.3) is 0 Å². The molecule has 0 spiro atoms. The number of aliphatic carboxylic acids is 1. The fourth-order valence-corrected chi connectivity index (χ4v) is 2.19. The summed E-state index contributed by atoms with van der Waals surface area (Å²) in [6.45, 7) is 0. The number of nitrogens with zero attached hydrogens (tertiary/aromatic N) is 1. The number of carboxylic acids is 1. The molecule has 104 valence electrons. The Balaban J connectivity index is 1.89. The van der Waals surface area contributed by atoms with E-state index in [-0.39, 0.29) is 18.7 Å². The quantitative estimate of drug-likeness (QED) is 0.568. The second-order valence-electron chi connectivity index (χ2n) is 5.13. The zero-order valence-electron chi connectivity index (χ0n) is 10.6. The third kappa shape index (κ3) is 3.54. The number of rotatable bonds is 6. The van der Waals surface area contributed by atoms with Crippen molar-refractivity contribution in [3.05, 3.63) is 18.2 Å². The molecule has 1 saturated carbocycles. The van der Waals surface area contributed by atoms with Crippen LogP contribution in [0.2, 0.25) is 0 Å². The summed E-state index contributed by atoms with van der Waals surface area (Å²) in [4.78, 5) is 29.6. The maximum absolute atomic E-state index is 11.8. The Labute approximate surface area is 110 Å². The van der Waals surface area contributed by atoms with E-state index in [0.29, 0.717) is 5.69 Å². The highest BCUT2D eigenvalue weighted by Crippen LogP contribution is 2.31. The van der Waals surface area contributed by atoms with Gasteiger partial charge in [-0.05, 0) is 19.3 Å². The summed E-state index contributed by atoms with van der Waals surface area (Å²) in [6.07, 6.45) is 6.04. The molecule has 1 aromatic rings.